The van der Waals surface area contributed by atoms with Crippen LogP contribution in [0.4, 0.5) is 0 Å². The van der Waals surface area contributed by atoms with Crippen LogP contribution < -0.4 is 10.6 Å². The summed E-state index contributed by atoms with van der Waals surface area (Å²) in [4.78, 5) is 22.9. The second-order valence-corrected chi connectivity index (χ2v) is 4.21. The molecule has 1 aromatic rings. The summed E-state index contributed by atoms with van der Waals surface area (Å²) in [5.74, 6) is -0.568. The number of hydrogen-bond donors (Lipinski definition) is 3. The Hall–Kier alpha value is -1.82. The number of carbonyl (C=O) groups is 2. The van der Waals surface area contributed by atoms with Gasteiger partial charge in [0.2, 0.25) is 5.91 Å². The Kier molecular flexibility index (Phi) is 5.38. The zero-order valence-corrected chi connectivity index (χ0v) is 10.5. The summed E-state index contributed by atoms with van der Waals surface area (Å²) in [6, 6.07) is 2.97. The third-order valence-corrected chi connectivity index (χ3v) is 2.26. The second kappa shape index (κ2) is 6.80. The molecule has 0 spiro atoms. The molecule has 0 saturated heterocycles. The summed E-state index contributed by atoms with van der Waals surface area (Å²) < 4.78 is 4.88. The monoisotopic (exact) mass is 254 g/mol. The van der Waals surface area contributed by atoms with E-state index in [0.29, 0.717) is 6.42 Å². The lowest BCUT2D eigenvalue weighted by Crippen LogP contribution is -2.41. The molecule has 0 aliphatic heterocycles. The van der Waals surface area contributed by atoms with Crippen molar-refractivity contribution < 1.29 is 19.1 Å². The van der Waals surface area contributed by atoms with Gasteiger partial charge in [-0.2, -0.15) is 0 Å². The Morgan fingerprint density at radius 2 is 2.17 bits per heavy atom. The standard InChI is InChI=1S/C12H18N2O4/c1-8(6-9(2)15)14-11(16)7-13-12(17)10-4-3-5-18-10/h3-5,8-9,15H,6-7H2,1-2H3,(H,13,17)(H,14,16). The molecule has 0 saturated carbocycles. The highest BCUT2D eigenvalue weighted by atomic mass is 16.3. The first-order valence-corrected chi connectivity index (χ1v) is 5.78. The summed E-state index contributed by atoms with van der Waals surface area (Å²) in [5.41, 5.74) is 0. The molecule has 6 nitrogen and oxygen atoms in total. The quantitative estimate of drug-likeness (QED) is 0.680. The van der Waals surface area contributed by atoms with E-state index in [9.17, 15) is 9.59 Å². The van der Waals surface area contributed by atoms with Gasteiger partial charge in [-0.25, -0.2) is 0 Å². The molecule has 1 heterocycles. The zero-order chi connectivity index (χ0) is 13.5. The smallest absolute Gasteiger partial charge is 0.287 e. The first-order chi connectivity index (χ1) is 8.49. The van der Waals surface area contributed by atoms with Crippen LogP contribution >= 0.6 is 0 Å². The second-order valence-electron chi connectivity index (χ2n) is 4.21. The van der Waals surface area contributed by atoms with E-state index in [4.69, 9.17) is 9.52 Å². The minimum atomic E-state index is -0.474. The van der Waals surface area contributed by atoms with Crippen molar-refractivity contribution in [3.05, 3.63) is 24.2 Å². The van der Waals surface area contributed by atoms with Gasteiger partial charge < -0.3 is 20.2 Å². The Balaban J connectivity index is 2.27. The molecule has 0 fully saturated rings. The van der Waals surface area contributed by atoms with Crippen LogP contribution in [0, 0.1) is 0 Å². The molecule has 3 N–H and O–H groups in total. The first-order valence-electron chi connectivity index (χ1n) is 5.78. The molecule has 0 aliphatic carbocycles. The highest BCUT2D eigenvalue weighted by molar-refractivity contribution is 5.94. The summed E-state index contributed by atoms with van der Waals surface area (Å²) >= 11 is 0. The minimum Gasteiger partial charge on any atom is -0.459 e. The fourth-order valence-corrected chi connectivity index (χ4v) is 1.55. The first kappa shape index (κ1) is 14.2. The van der Waals surface area contributed by atoms with Crippen molar-refractivity contribution in [3.63, 3.8) is 0 Å². The number of nitrogens with one attached hydrogen (secondary N) is 2. The predicted molar refractivity (Wildman–Crippen MR) is 64.9 cm³/mol. The number of furan rings is 1. The molecule has 2 atom stereocenters. The third kappa shape index (κ3) is 5.01. The number of hydrogen-bond acceptors (Lipinski definition) is 4. The average Bonchev–Trinajstić information content (AvgIpc) is 2.77. The van der Waals surface area contributed by atoms with Crippen molar-refractivity contribution in [1.29, 1.82) is 0 Å². The molecule has 2 amide bonds. The van der Waals surface area contributed by atoms with Gasteiger partial charge in [-0.1, -0.05) is 0 Å². The molecule has 6 heteroatoms. The van der Waals surface area contributed by atoms with Crippen LogP contribution in [0.3, 0.4) is 0 Å². The average molecular weight is 254 g/mol. The van der Waals surface area contributed by atoms with Crippen molar-refractivity contribution in [2.45, 2.75) is 32.4 Å². The lowest BCUT2D eigenvalue weighted by atomic mass is 10.1. The highest BCUT2D eigenvalue weighted by Gasteiger charge is 2.12. The molecule has 1 rings (SSSR count). The van der Waals surface area contributed by atoms with Crippen molar-refractivity contribution >= 4 is 11.8 Å². The topological polar surface area (TPSA) is 91.6 Å². The molecule has 100 valence electrons. The number of carbonyl (C=O) groups excluding carboxylic acids is 2. The Bertz CT molecular complexity index is 387. The summed E-state index contributed by atoms with van der Waals surface area (Å²) in [6.45, 7) is 3.32. The third-order valence-electron chi connectivity index (χ3n) is 2.26. The van der Waals surface area contributed by atoms with Crippen LogP contribution in [0.2, 0.25) is 0 Å². The normalized spacial score (nSPS) is 13.7. The van der Waals surface area contributed by atoms with E-state index in [1.165, 1.54) is 12.3 Å². The highest BCUT2D eigenvalue weighted by Crippen LogP contribution is 1.99. The molecule has 0 aromatic carbocycles. The molecule has 0 aliphatic rings. The lowest BCUT2D eigenvalue weighted by Gasteiger charge is -2.15. The Morgan fingerprint density at radius 3 is 2.72 bits per heavy atom. The van der Waals surface area contributed by atoms with Gasteiger partial charge in [-0.05, 0) is 32.4 Å². The molecule has 1 aromatic heterocycles. The Morgan fingerprint density at radius 1 is 1.44 bits per heavy atom. The van der Waals surface area contributed by atoms with Crippen LogP contribution in [-0.4, -0.2) is 35.6 Å². The molecular formula is C12H18N2O4. The molecule has 0 radical (unpaired) electrons. The van der Waals surface area contributed by atoms with Gasteiger partial charge in [0.05, 0.1) is 18.9 Å². The summed E-state index contributed by atoms with van der Waals surface area (Å²) in [5, 5.41) is 14.2. The van der Waals surface area contributed by atoms with Gasteiger partial charge in [-0.15, -0.1) is 0 Å². The van der Waals surface area contributed by atoms with Gasteiger partial charge in [0.25, 0.3) is 5.91 Å². The Labute approximate surface area is 105 Å². The number of amides is 2. The van der Waals surface area contributed by atoms with Gasteiger partial charge in [-0.3, -0.25) is 9.59 Å². The van der Waals surface area contributed by atoms with E-state index in [1.54, 1.807) is 19.9 Å². The molecule has 0 bridgehead atoms. The summed E-state index contributed by atoms with van der Waals surface area (Å²) in [6.07, 6.45) is 1.38. The van der Waals surface area contributed by atoms with Crippen LogP contribution in [-0.2, 0) is 4.79 Å². The fraction of sp³-hybridized carbons (Fsp3) is 0.500. The van der Waals surface area contributed by atoms with Crippen LogP contribution in [0.15, 0.2) is 22.8 Å². The largest absolute Gasteiger partial charge is 0.459 e. The van der Waals surface area contributed by atoms with Crippen molar-refractivity contribution in [2.24, 2.45) is 0 Å². The van der Waals surface area contributed by atoms with Crippen molar-refractivity contribution in [1.82, 2.24) is 10.6 Å². The van der Waals surface area contributed by atoms with Crippen LogP contribution in [0.5, 0.6) is 0 Å². The SMILES string of the molecule is CC(O)CC(C)NC(=O)CNC(=O)c1ccco1. The molecular weight excluding hydrogens is 236 g/mol. The molecule has 18 heavy (non-hydrogen) atoms. The van der Waals surface area contributed by atoms with Crippen molar-refractivity contribution in [2.75, 3.05) is 6.54 Å². The maximum Gasteiger partial charge on any atom is 0.287 e. The van der Waals surface area contributed by atoms with E-state index >= 15 is 0 Å². The van der Waals surface area contributed by atoms with Crippen LogP contribution in [0.25, 0.3) is 0 Å². The van der Waals surface area contributed by atoms with Crippen molar-refractivity contribution in [3.8, 4) is 0 Å². The number of aliphatic hydroxyl groups excluding tert-OH is 1. The minimum absolute atomic E-state index is 0.121. The maximum absolute atomic E-state index is 11.5. The lowest BCUT2D eigenvalue weighted by molar-refractivity contribution is -0.120. The van der Waals surface area contributed by atoms with Gasteiger partial charge in [0, 0.05) is 6.04 Å². The van der Waals surface area contributed by atoms with E-state index < -0.39 is 12.0 Å². The fourth-order valence-electron chi connectivity index (χ4n) is 1.55. The zero-order valence-electron chi connectivity index (χ0n) is 10.5. The van der Waals surface area contributed by atoms with E-state index in [-0.39, 0.29) is 24.3 Å². The maximum atomic E-state index is 11.5. The van der Waals surface area contributed by atoms with E-state index in [1.807, 2.05) is 0 Å². The van der Waals surface area contributed by atoms with Gasteiger partial charge >= 0.3 is 0 Å². The predicted octanol–water partition coefficient (Wildman–Crippen LogP) is 0.285. The molecule has 2 unspecified atom stereocenters. The van der Waals surface area contributed by atoms with Gasteiger partial charge in [0.15, 0.2) is 5.76 Å². The number of rotatable bonds is 6. The summed E-state index contributed by atoms with van der Waals surface area (Å²) in [7, 11) is 0. The van der Waals surface area contributed by atoms with E-state index in [2.05, 4.69) is 10.6 Å². The van der Waals surface area contributed by atoms with E-state index in [0.717, 1.165) is 0 Å². The van der Waals surface area contributed by atoms with Gasteiger partial charge in [0.1, 0.15) is 0 Å². The van der Waals surface area contributed by atoms with Crippen LogP contribution in [0.1, 0.15) is 30.8 Å². The number of aliphatic hydroxyl groups is 1.